The fraction of sp³-hybridized carbons (Fsp3) is 0.400. The van der Waals surface area contributed by atoms with Gasteiger partial charge in [0.1, 0.15) is 0 Å². The van der Waals surface area contributed by atoms with Gasteiger partial charge in [-0.25, -0.2) is 0 Å². The zero-order valence-electron chi connectivity index (χ0n) is 14.0. The van der Waals surface area contributed by atoms with Crippen LogP contribution in [0.3, 0.4) is 0 Å². The first-order valence-electron chi connectivity index (χ1n) is 8.76. The fourth-order valence-electron chi connectivity index (χ4n) is 3.29. The van der Waals surface area contributed by atoms with E-state index in [0.717, 1.165) is 38.9 Å². The quantitative estimate of drug-likeness (QED) is 0.760. The molecule has 1 aromatic carbocycles. The van der Waals surface area contributed by atoms with Crippen LogP contribution in [0.15, 0.2) is 54.9 Å². The van der Waals surface area contributed by atoms with Crippen molar-refractivity contribution in [3.8, 4) is 0 Å². The van der Waals surface area contributed by atoms with Crippen LogP contribution in [-0.4, -0.2) is 34.9 Å². The van der Waals surface area contributed by atoms with Gasteiger partial charge < -0.3 is 10.2 Å². The van der Waals surface area contributed by atoms with Crippen molar-refractivity contribution in [2.45, 2.75) is 38.3 Å². The lowest BCUT2D eigenvalue weighted by atomic mass is 10.1. The van der Waals surface area contributed by atoms with Gasteiger partial charge in [-0.05, 0) is 43.0 Å². The van der Waals surface area contributed by atoms with Crippen LogP contribution in [0.2, 0.25) is 0 Å². The summed E-state index contributed by atoms with van der Waals surface area (Å²) in [7, 11) is 0. The van der Waals surface area contributed by atoms with Crippen molar-refractivity contribution < 1.29 is 4.79 Å². The molecule has 4 nitrogen and oxygen atoms in total. The first-order valence-corrected chi connectivity index (χ1v) is 8.76. The number of carbonyl (C=O) groups is 1. The Balaban J connectivity index is 1.43. The molecule has 0 bridgehead atoms. The third kappa shape index (κ3) is 4.65. The Morgan fingerprint density at radius 2 is 1.96 bits per heavy atom. The van der Waals surface area contributed by atoms with Gasteiger partial charge in [-0.2, -0.15) is 0 Å². The Morgan fingerprint density at radius 1 is 1.12 bits per heavy atom. The molecule has 24 heavy (non-hydrogen) atoms. The summed E-state index contributed by atoms with van der Waals surface area (Å²) in [4.78, 5) is 18.4. The van der Waals surface area contributed by atoms with Gasteiger partial charge >= 0.3 is 0 Å². The molecule has 1 fully saturated rings. The maximum absolute atomic E-state index is 12.2. The summed E-state index contributed by atoms with van der Waals surface area (Å²) < 4.78 is 0. The summed E-state index contributed by atoms with van der Waals surface area (Å²) in [5, 5.41) is 3.49. The summed E-state index contributed by atoms with van der Waals surface area (Å²) in [6.07, 6.45) is 7.25. The molecule has 1 aromatic heterocycles. The van der Waals surface area contributed by atoms with E-state index < -0.39 is 0 Å². The summed E-state index contributed by atoms with van der Waals surface area (Å²) >= 11 is 0. The summed E-state index contributed by atoms with van der Waals surface area (Å²) in [6, 6.07) is 14.8. The maximum atomic E-state index is 12.2. The van der Waals surface area contributed by atoms with Gasteiger partial charge in [0.05, 0.1) is 0 Å². The minimum Gasteiger partial charge on any atom is -0.339 e. The van der Waals surface area contributed by atoms with Crippen LogP contribution < -0.4 is 5.32 Å². The van der Waals surface area contributed by atoms with E-state index in [1.54, 1.807) is 6.20 Å². The lowest BCUT2D eigenvalue weighted by molar-refractivity contribution is -0.129. The van der Waals surface area contributed by atoms with Gasteiger partial charge in [0.2, 0.25) is 5.91 Å². The van der Waals surface area contributed by atoms with Crippen molar-refractivity contribution in [3.63, 3.8) is 0 Å². The smallest absolute Gasteiger partial charge is 0.222 e. The van der Waals surface area contributed by atoms with Gasteiger partial charge in [0.15, 0.2) is 0 Å². The highest BCUT2D eigenvalue weighted by Gasteiger charge is 2.29. The summed E-state index contributed by atoms with van der Waals surface area (Å²) in [6.45, 7) is 2.63. The number of rotatable bonds is 8. The zero-order valence-corrected chi connectivity index (χ0v) is 14.0. The highest BCUT2D eigenvalue weighted by Crippen LogP contribution is 2.21. The highest BCUT2D eigenvalue weighted by atomic mass is 16.2. The minimum atomic E-state index is 0.298. The van der Waals surface area contributed by atoms with Crippen LogP contribution in [0, 0.1) is 0 Å². The number of likely N-dealkylation sites (tertiary alicyclic amines) is 1. The molecule has 2 aromatic rings. The largest absolute Gasteiger partial charge is 0.339 e. The van der Waals surface area contributed by atoms with E-state index in [1.165, 1.54) is 11.1 Å². The van der Waals surface area contributed by atoms with Crippen LogP contribution in [-0.2, 0) is 17.8 Å². The number of nitrogens with one attached hydrogen (secondary N) is 1. The van der Waals surface area contributed by atoms with Gasteiger partial charge in [-0.3, -0.25) is 9.78 Å². The summed E-state index contributed by atoms with van der Waals surface area (Å²) in [5.41, 5.74) is 2.49. The predicted molar refractivity (Wildman–Crippen MR) is 95.4 cm³/mol. The molecular formula is C20H25N3O. The Labute approximate surface area is 143 Å². The fourth-order valence-corrected chi connectivity index (χ4v) is 3.29. The lowest BCUT2D eigenvalue weighted by Gasteiger charge is -2.25. The molecule has 2 heterocycles. The number of nitrogens with zero attached hydrogens (tertiary/aromatic N) is 2. The second-order valence-corrected chi connectivity index (χ2v) is 6.34. The molecule has 1 N–H and O–H groups in total. The van der Waals surface area contributed by atoms with Crippen molar-refractivity contribution in [1.29, 1.82) is 0 Å². The van der Waals surface area contributed by atoms with Crippen molar-refractivity contribution in [2.75, 3.05) is 13.1 Å². The van der Waals surface area contributed by atoms with E-state index in [2.05, 4.69) is 45.5 Å². The molecule has 1 atom stereocenters. The monoisotopic (exact) mass is 323 g/mol. The number of hydrogen-bond acceptors (Lipinski definition) is 3. The molecule has 0 radical (unpaired) electrons. The number of pyridine rings is 1. The Hall–Kier alpha value is -2.20. The second-order valence-electron chi connectivity index (χ2n) is 6.34. The van der Waals surface area contributed by atoms with Crippen LogP contribution >= 0.6 is 0 Å². The van der Waals surface area contributed by atoms with Gasteiger partial charge in [0, 0.05) is 37.9 Å². The van der Waals surface area contributed by atoms with Crippen LogP contribution in [0.1, 0.15) is 30.4 Å². The molecule has 1 saturated heterocycles. The van der Waals surface area contributed by atoms with E-state index in [1.807, 2.05) is 18.3 Å². The molecular weight excluding hydrogens is 298 g/mol. The lowest BCUT2D eigenvalue weighted by Crippen LogP contribution is -2.36. The minimum absolute atomic E-state index is 0.298. The Morgan fingerprint density at radius 3 is 2.75 bits per heavy atom. The topological polar surface area (TPSA) is 45.2 Å². The van der Waals surface area contributed by atoms with Gasteiger partial charge in [-0.15, -0.1) is 0 Å². The van der Waals surface area contributed by atoms with E-state index in [9.17, 15) is 4.79 Å². The summed E-state index contributed by atoms with van der Waals surface area (Å²) in [5.74, 6) is 0.298. The number of amides is 1. The molecule has 1 amide bonds. The van der Waals surface area contributed by atoms with E-state index in [4.69, 9.17) is 0 Å². The maximum Gasteiger partial charge on any atom is 0.222 e. The number of benzene rings is 1. The number of carbonyl (C=O) groups excluding carboxylic acids is 1. The number of hydrogen-bond donors (Lipinski definition) is 1. The van der Waals surface area contributed by atoms with E-state index >= 15 is 0 Å². The SMILES string of the molecule is O=C1CCC(CCNCc2ccccc2)N1CCc1cccnc1. The molecule has 1 unspecified atom stereocenters. The van der Waals surface area contributed by atoms with E-state index in [0.29, 0.717) is 18.4 Å². The molecule has 1 aliphatic heterocycles. The van der Waals surface area contributed by atoms with Crippen molar-refractivity contribution in [2.24, 2.45) is 0 Å². The second kappa shape index (κ2) is 8.60. The molecule has 0 saturated carbocycles. The average molecular weight is 323 g/mol. The van der Waals surface area contributed by atoms with Crippen LogP contribution in [0.25, 0.3) is 0 Å². The first kappa shape index (κ1) is 16.7. The third-order valence-corrected chi connectivity index (χ3v) is 4.64. The Kier molecular flexibility index (Phi) is 5.96. The zero-order chi connectivity index (χ0) is 16.6. The van der Waals surface area contributed by atoms with Crippen molar-refractivity contribution >= 4 is 5.91 Å². The van der Waals surface area contributed by atoms with Crippen molar-refractivity contribution in [1.82, 2.24) is 15.2 Å². The Bertz CT molecular complexity index is 630. The predicted octanol–water partition coefficient (Wildman–Crippen LogP) is 2.80. The van der Waals surface area contributed by atoms with Gasteiger partial charge in [-0.1, -0.05) is 36.4 Å². The van der Waals surface area contributed by atoms with Gasteiger partial charge in [0.25, 0.3) is 0 Å². The van der Waals surface area contributed by atoms with Crippen LogP contribution in [0.5, 0.6) is 0 Å². The highest BCUT2D eigenvalue weighted by molar-refractivity contribution is 5.78. The average Bonchev–Trinajstić information content (AvgIpc) is 2.98. The molecule has 3 rings (SSSR count). The van der Waals surface area contributed by atoms with E-state index in [-0.39, 0.29) is 0 Å². The number of aromatic nitrogens is 1. The third-order valence-electron chi connectivity index (χ3n) is 4.64. The first-order chi connectivity index (χ1) is 11.8. The standard InChI is InChI=1S/C20H25N3O/c24-20-9-8-19(10-13-22-15-17-5-2-1-3-6-17)23(20)14-11-18-7-4-12-21-16-18/h1-7,12,16,19,22H,8-11,13-15H2. The molecule has 0 spiro atoms. The molecule has 4 heteroatoms. The normalized spacial score (nSPS) is 17.4. The van der Waals surface area contributed by atoms with Crippen LogP contribution in [0.4, 0.5) is 0 Å². The molecule has 126 valence electrons. The molecule has 1 aliphatic rings. The molecule has 0 aliphatic carbocycles. The van der Waals surface area contributed by atoms with Crippen molar-refractivity contribution in [3.05, 3.63) is 66.0 Å².